The molecule has 0 spiro atoms. The van der Waals surface area contributed by atoms with Gasteiger partial charge in [0.15, 0.2) is 0 Å². The fraction of sp³-hybridized carbons (Fsp3) is 0.875. The van der Waals surface area contributed by atoms with Gasteiger partial charge in [-0.2, -0.15) is 4.31 Å². The van der Waals surface area contributed by atoms with Crippen LogP contribution in [0.5, 0.6) is 0 Å². The minimum absolute atomic E-state index is 0.0602. The Morgan fingerprint density at radius 3 is 2.80 bits per heavy atom. The van der Waals surface area contributed by atoms with Crippen molar-refractivity contribution < 1.29 is 13.2 Å². The Labute approximate surface area is 94.8 Å². The van der Waals surface area contributed by atoms with Crippen LogP contribution in [-0.2, 0) is 14.8 Å². The average molecular weight is 255 g/mol. The molecular formula is C8H15ClN2O3S. The average Bonchev–Trinajstić information content (AvgIpc) is 2.40. The summed E-state index contributed by atoms with van der Waals surface area (Å²) in [6.45, 7) is 1.02. The van der Waals surface area contributed by atoms with E-state index in [2.05, 4.69) is 5.32 Å². The van der Waals surface area contributed by atoms with Gasteiger partial charge in [0.05, 0.1) is 5.75 Å². The van der Waals surface area contributed by atoms with Crippen molar-refractivity contribution in [2.24, 2.45) is 0 Å². The molecule has 0 bridgehead atoms. The summed E-state index contributed by atoms with van der Waals surface area (Å²) in [4.78, 5) is 11.0. The van der Waals surface area contributed by atoms with Crippen molar-refractivity contribution in [1.82, 2.24) is 9.62 Å². The number of sulfonamides is 1. The van der Waals surface area contributed by atoms with E-state index in [4.69, 9.17) is 11.6 Å². The van der Waals surface area contributed by atoms with Gasteiger partial charge < -0.3 is 5.32 Å². The van der Waals surface area contributed by atoms with Crippen molar-refractivity contribution in [2.75, 3.05) is 31.3 Å². The van der Waals surface area contributed by atoms with Gasteiger partial charge >= 0.3 is 0 Å². The van der Waals surface area contributed by atoms with Crippen LogP contribution in [0.4, 0.5) is 0 Å². The van der Waals surface area contributed by atoms with Crippen molar-refractivity contribution in [2.45, 2.75) is 12.8 Å². The minimum Gasteiger partial charge on any atom is -0.355 e. The summed E-state index contributed by atoms with van der Waals surface area (Å²) >= 11 is 5.45. The predicted molar refractivity (Wildman–Crippen MR) is 58.3 cm³/mol. The molecule has 0 radical (unpaired) electrons. The molecule has 1 amide bonds. The lowest BCUT2D eigenvalue weighted by Gasteiger charge is -2.18. The van der Waals surface area contributed by atoms with E-state index in [0.717, 1.165) is 0 Å². The number of hydrogen-bond acceptors (Lipinski definition) is 3. The SMILES string of the molecule is O=C1CCN(S(=O)(=O)CCCCl)CCN1. The van der Waals surface area contributed by atoms with E-state index < -0.39 is 10.0 Å². The van der Waals surface area contributed by atoms with Gasteiger partial charge in [-0.1, -0.05) is 0 Å². The molecule has 1 N–H and O–H groups in total. The summed E-state index contributed by atoms with van der Waals surface area (Å²) < 4.78 is 24.8. The predicted octanol–water partition coefficient (Wildman–Crippen LogP) is -0.233. The van der Waals surface area contributed by atoms with E-state index in [0.29, 0.717) is 25.4 Å². The molecule has 7 heteroatoms. The van der Waals surface area contributed by atoms with Gasteiger partial charge in [0.2, 0.25) is 15.9 Å². The summed E-state index contributed by atoms with van der Waals surface area (Å²) in [5.41, 5.74) is 0. The molecule has 0 saturated carbocycles. The zero-order chi connectivity index (χ0) is 11.3. The fourth-order valence-electron chi connectivity index (χ4n) is 1.39. The second-order valence-electron chi connectivity index (χ2n) is 3.36. The fourth-order valence-corrected chi connectivity index (χ4v) is 3.19. The van der Waals surface area contributed by atoms with Crippen LogP contribution in [0.15, 0.2) is 0 Å². The van der Waals surface area contributed by atoms with E-state index in [1.807, 2.05) is 0 Å². The summed E-state index contributed by atoms with van der Waals surface area (Å²) in [6, 6.07) is 0. The second kappa shape index (κ2) is 5.67. The summed E-state index contributed by atoms with van der Waals surface area (Å²) in [6.07, 6.45) is 0.682. The lowest BCUT2D eigenvalue weighted by atomic mass is 10.4. The lowest BCUT2D eigenvalue weighted by molar-refractivity contribution is -0.120. The topological polar surface area (TPSA) is 66.5 Å². The van der Waals surface area contributed by atoms with Crippen molar-refractivity contribution >= 4 is 27.5 Å². The van der Waals surface area contributed by atoms with Crippen molar-refractivity contribution in [3.8, 4) is 0 Å². The van der Waals surface area contributed by atoms with Crippen LogP contribution in [0.25, 0.3) is 0 Å². The highest BCUT2D eigenvalue weighted by molar-refractivity contribution is 7.89. The molecule has 1 aliphatic heterocycles. The molecule has 1 rings (SSSR count). The number of rotatable bonds is 4. The Morgan fingerprint density at radius 2 is 2.13 bits per heavy atom. The Bertz CT molecular complexity index is 318. The molecule has 5 nitrogen and oxygen atoms in total. The maximum absolute atomic E-state index is 11.7. The van der Waals surface area contributed by atoms with Crippen LogP contribution in [-0.4, -0.2) is 49.9 Å². The zero-order valence-corrected chi connectivity index (χ0v) is 9.98. The summed E-state index contributed by atoms with van der Waals surface area (Å²) in [7, 11) is -3.24. The second-order valence-corrected chi connectivity index (χ2v) is 5.82. The number of carbonyl (C=O) groups excluding carboxylic acids is 1. The monoisotopic (exact) mass is 254 g/mol. The number of halogens is 1. The van der Waals surface area contributed by atoms with Gasteiger partial charge in [-0.15, -0.1) is 11.6 Å². The first-order chi connectivity index (χ1) is 7.06. The van der Waals surface area contributed by atoms with Crippen molar-refractivity contribution in [3.63, 3.8) is 0 Å². The van der Waals surface area contributed by atoms with Crippen LogP contribution in [0, 0.1) is 0 Å². The molecule has 15 heavy (non-hydrogen) atoms. The third kappa shape index (κ3) is 3.96. The van der Waals surface area contributed by atoms with Crippen molar-refractivity contribution in [1.29, 1.82) is 0 Å². The van der Waals surface area contributed by atoms with Gasteiger partial charge in [-0.05, 0) is 6.42 Å². The van der Waals surface area contributed by atoms with Crippen LogP contribution < -0.4 is 5.32 Å². The van der Waals surface area contributed by atoms with E-state index in [1.165, 1.54) is 4.31 Å². The lowest BCUT2D eigenvalue weighted by Crippen LogP contribution is -2.35. The first-order valence-electron chi connectivity index (χ1n) is 4.87. The number of nitrogens with zero attached hydrogens (tertiary/aromatic N) is 1. The Balaban J connectivity index is 2.57. The molecular weight excluding hydrogens is 240 g/mol. The maximum atomic E-state index is 11.7. The molecule has 0 unspecified atom stereocenters. The molecule has 0 aromatic carbocycles. The van der Waals surface area contributed by atoms with Crippen LogP contribution in [0.3, 0.4) is 0 Å². The molecule has 1 fully saturated rings. The summed E-state index contributed by atoms with van der Waals surface area (Å²) in [5.74, 6) is 0.305. The van der Waals surface area contributed by atoms with E-state index in [-0.39, 0.29) is 24.6 Å². The van der Waals surface area contributed by atoms with Crippen LogP contribution in [0.2, 0.25) is 0 Å². The standard InChI is InChI=1S/C8H15ClN2O3S/c9-3-1-7-15(13,14)11-5-2-8(12)10-4-6-11/h1-7H2,(H,10,12). The Morgan fingerprint density at radius 1 is 1.40 bits per heavy atom. The van der Waals surface area contributed by atoms with E-state index in [1.54, 1.807) is 0 Å². The molecule has 1 aliphatic rings. The highest BCUT2D eigenvalue weighted by Crippen LogP contribution is 2.06. The smallest absolute Gasteiger partial charge is 0.221 e. The molecule has 0 aromatic heterocycles. The van der Waals surface area contributed by atoms with E-state index >= 15 is 0 Å². The Hall–Kier alpha value is -0.330. The van der Waals surface area contributed by atoms with Gasteiger partial charge in [0.1, 0.15) is 0 Å². The summed E-state index contributed by atoms with van der Waals surface area (Å²) in [5, 5.41) is 2.63. The molecule has 88 valence electrons. The number of nitrogens with one attached hydrogen (secondary N) is 1. The normalized spacial score (nSPS) is 19.7. The third-order valence-corrected chi connectivity index (χ3v) is 4.42. The highest BCUT2D eigenvalue weighted by atomic mass is 35.5. The zero-order valence-electron chi connectivity index (χ0n) is 8.41. The highest BCUT2D eigenvalue weighted by Gasteiger charge is 2.24. The van der Waals surface area contributed by atoms with Crippen LogP contribution in [0.1, 0.15) is 12.8 Å². The largest absolute Gasteiger partial charge is 0.355 e. The third-order valence-electron chi connectivity index (χ3n) is 2.20. The number of amides is 1. The maximum Gasteiger partial charge on any atom is 0.221 e. The first-order valence-corrected chi connectivity index (χ1v) is 7.01. The quantitative estimate of drug-likeness (QED) is 0.705. The molecule has 0 aromatic rings. The van der Waals surface area contributed by atoms with Gasteiger partial charge in [0.25, 0.3) is 0 Å². The van der Waals surface area contributed by atoms with Crippen LogP contribution >= 0.6 is 11.6 Å². The molecule has 1 saturated heterocycles. The molecule has 0 atom stereocenters. The first kappa shape index (κ1) is 12.7. The van der Waals surface area contributed by atoms with Gasteiger partial charge in [-0.25, -0.2) is 8.42 Å². The molecule has 1 heterocycles. The van der Waals surface area contributed by atoms with E-state index in [9.17, 15) is 13.2 Å². The van der Waals surface area contributed by atoms with Gasteiger partial charge in [0, 0.05) is 31.9 Å². The Kier molecular flexibility index (Phi) is 4.82. The van der Waals surface area contributed by atoms with Crippen molar-refractivity contribution in [3.05, 3.63) is 0 Å². The number of carbonyl (C=O) groups is 1. The molecule has 0 aliphatic carbocycles. The van der Waals surface area contributed by atoms with Gasteiger partial charge in [-0.3, -0.25) is 4.79 Å². The minimum atomic E-state index is -3.24. The number of hydrogen-bond donors (Lipinski definition) is 1. The number of alkyl halides is 1.